The van der Waals surface area contributed by atoms with Gasteiger partial charge in [0.15, 0.2) is 0 Å². The van der Waals surface area contributed by atoms with Crippen molar-refractivity contribution in [3.63, 3.8) is 0 Å². The first-order valence-electron chi connectivity index (χ1n) is 6.34. The lowest BCUT2D eigenvalue weighted by Crippen LogP contribution is -2.08. The third-order valence-electron chi connectivity index (χ3n) is 3.25. The topological polar surface area (TPSA) is 29.5 Å². The van der Waals surface area contributed by atoms with Gasteiger partial charge in [0, 0.05) is 5.56 Å². The van der Waals surface area contributed by atoms with E-state index in [-0.39, 0.29) is 0 Å². The van der Waals surface area contributed by atoms with Crippen LogP contribution in [0.5, 0.6) is 11.5 Å². The van der Waals surface area contributed by atoms with E-state index in [9.17, 15) is 5.11 Å². The second-order valence-electron chi connectivity index (χ2n) is 5.09. The number of hydrogen-bond acceptors (Lipinski definition) is 2. The highest BCUT2D eigenvalue weighted by atomic mass is 16.5. The van der Waals surface area contributed by atoms with Crippen LogP contribution in [0, 0.1) is 26.7 Å². The van der Waals surface area contributed by atoms with E-state index < -0.39 is 0 Å². The Balaban J connectivity index is 3.24. The Morgan fingerprint density at radius 2 is 1.65 bits per heavy atom. The van der Waals surface area contributed by atoms with Gasteiger partial charge in [0.1, 0.15) is 11.5 Å². The average molecular weight is 236 g/mol. The van der Waals surface area contributed by atoms with Crippen LogP contribution in [0.25, 0.3) is 0 Å². The minimum atomic E-state index is 0.430. The first-order chi connectivity index (χ1) is 7.90. The van der Waals surface area contributed by atoms with Crippen LogP contribution in [0.1, 0.15) is 43.0 Å². The summed E-state index contributed by atoms with van der Waals surface area (Å²) in [5.41, 5.74) is 4.07. The minimum Gasteiger partial charge on any atom is -0.507 e. The van der Waals surface area contributed by atoms with Crippen LogP contribution in [-0.4, -0.2) is 11.7 Å². The molecule has 1 rings (SSSR count). The highest BCUT2D eigenvalue weighted by Crippen LogP contribution is 2.37. The van der Waals surface area contributed by atoms with Gasteiger partial charge in [0.25, 0.3) is 0 Å². The molecule has 0 amide bonds. The predicted molar refractivity (Wildman–Crippen MR) is 72.0 cm³/mol. The second kappa shape index (κ2) is 5.44. The summed E-state index contributed by atoms with van der Waals surface area (Å²) in [5, 5.41) is 10.1. The molecule has 0 radical (unpaired) electrons. The molecule has 0 aliphatic carbocycles. The van der Waals surface area contributed by atoms with Crippen LogP contribution in [0.2, 0.25) is 0 Å². The molecule has 1 N–H and O–H groups in total. The van der Waals surface area contributed by atoms with Gasteiger partial charge >= 0.3 is 0 Å². The molecule has 96 valence electrons. The summed E-state index contributed by atoms with van der Waals surface area (Å²) < 4.78 is 5.90. The maximum absolute atomic E-state index is 10.1. The van der Waals surface area contributed by atoms with E-state index in [1.165, 1.54) is 0 Å². The number of ether oxygens (including phenoxy) is 1. The minimum absolute atomic E-state index is 0.430. The van der Waals surface area contributed by atoms with Crippen molar-refractivity contribution in [2.45, 2.75) is 48.0 Å². The maximum atomic E-state index is 10.1. The van der Waals surface area contributed by atoms with Crippen molar-refractivity contribution in [3.8, 4) is 11.5 Å². The molecular formula is C15H24O2. The molecule has 0 atom stereocenters. The molecule has 0 aliphatic rings. The van der Waals surface area contributed by atoms with Gasteiger partial charge in [-0.05, 0) is 49.8 Å². The molecule has 0 aliphatic heterocycles. The zero-order chi connectivity index (χ0) is 13.2. The lowest BCUT2D eigenvalue weighted by molar-refractivity contribution is 0.266. The van der Waals surface area contributed by atoms with Crippen molar-refractivity contribution >= 4 is 0 Å². The number of benzene rings is 1. The van der Waals surface area contributed by atoms with Crippen LogP contribution in [0.3, 0.4) is 0 Å². The summed E-state index contributed by atoms with van der Waals surface area (Å²) in [6.07, 6.45) is 0.830. The van der Waals surface area contributed by atoms with Gasteiger partial charge in [-0.1, -0.05) is 20.8 Å². The number of phenolic OH excluding ortho intramolecular Hbond substituents is 1. The van der Waals surface area contributed by atoms with Crippen LogP contribution in [-0.2, 0) is 6.42 Å². The SMILES string of the molecule is CCc1c(C)c(OCC(C)C)c(C)c(C)c1O. The fraction of sp³-hybridized carbons (Fsp3) is 0.600. The molecule has 0 unspecified atom stereocenters. The molecule has 1 aromatic carbocycles. The van der Waals surface area contributed by atoms with E-state index in [4.69, 9.17) is 4.74 Å². The van der Waals surface area contributed by atoms with E-state index in [1.54, 1.807) is 0 Å². The summed E-state index contributed by atoms with van der Waals surface area (Å²) in [6, 6.07) is 0. The van der Waals surface area contributed by atoms with Crippen molar-refractivity contribution in [3.05, 3.63) is 22.3 Å². The van der Waals surface area contributed by atoms with Crippen LogP contribution in [0.4, 0.5) is 0 Å². The smallest absolute Gasteiger partial charge is 0.125 e. The van der Waals surface area contributed by atoms with Gasteiger partial charge in [-0.3, -0.25) is 0 Å². The quantitative estimate of drug-likeness (QED) is 0.858. The Labute approximate surface area is 105 Å². The van der Waals surface area contributed by atoms with E-state index >= 15 is 0 Å². The molecule has 2 nitrogen and oxygen atoms in total. The lowest BCUT2D eigenvalue weighted by Gasteiger charge is -2.20. The summed E-state index contributed by atoms with van der Waals surface area (Å²) in [5.74, 6) is 1.89. The van der Waals surface area contributed by atoms with Crippen LogP contribution < -0.4 is 4.74 Å². The number of rotatable bonds is 4. The van der Waals surface area contributed by atoms with Crippen molar-refractivity contribution in [2.24, 2.45) is 5.92 Å². The van der Waals surface area contributed by atoms with Crippen molar-refractivity contribution in [1.29, 1.82) is 0 Å². The molecule has 0 saturated carbocycles. The third kappa shape index (κ3) is 2.74. The third-order valence-corrected chi connectivity index (χ3v) is 3.25. The highest BCUT2D eigenvalue weighted by Gasteiger charge is 2.16. The van der Waals surface area contributed by atoms with E-state index in [2.05, 4.69) is 20.8 Å². The highest BCUT2D eigenvalue weighted by molar-refractivity contribution is 5.57. The van der Waals surface area contributed by atoms with Gasteiger partial charge in [0.05, 0.1) is 6.61 Å². The molecule has 1 aromatic rings. The molecule has 17 heavy (non-hydrogen) atoms. The number of hydrogen-bond donors (Lipinski definition) is 1. The first kappa shape index (κ1) is 13.9. The van der Waals surface area contributed by atoms with E-state index in [0.29, 0.717) is 11.7 Å². The van der Waals surface area contributed by atoms with Crippen molar-refractivity contribution in [1.82, 2.24) is 0 Å². The monoisotopic (exact) mass is 236 g/mol. The lowest BCUT2D eigenvalue weighted by atomic mass is 9.96. The summed E-state index contributed by atoms with van der Waals surface area (Å²) in [6.45, 7) is 13.0. The molecular weight excluding hydrogens is 212 g/mol. The summed E-state index contributed by atoms with van der Waals surface area (Å²) in [7, 11) is 0. The first-order valence-corrected chi connectivity index (χ1v) is 6.34. The van der Waals surface area contributed by atoms with Crippen LogP contribution >= 0.6 is 0 Å². The van der Waals surface area contributed by atoms with Gasteiger partial charge < -0.3 is 9.84 Å². The molecule has 0 heterocycles. The Hall–Kier alpha value is -1.18. The summed E-state index contributed by atoms with van der Waals surface area (Å²) >= 11 is 0. The Morgan fingerprint density at radius 1 is 1.06 bits per heavy atom. The van der Waals surface area contributed by atoms with Crippen molar-refractivity contribution in [2.75, 3.05) is 6.61 Å². The zero-order valence-electron chi connectivity index (χ0n) is 11.8. The van der Waals surface area contributed by atoms with Crippen LogP contribution in [0.15, 0.2) is 0 Å². The molecule has 0 bridgehead atoms. The average Bonchev–Trinajstić information content (AvgIpc) is 2.26. The van der Waals surface area contributed by atoms with E-state index in [1.807, 2.05) is 20.8 Å². The maximum Gasteiger partial charge on any atom is 0.125 e. The normalized spacial score (nSPS) is 11.0. The second-order valence-corrected chi connectivity index (χ2v) is 5.09. The largest absolute Gasteiger partial charge is 0.507 e. The summed E-state index contributed by atoms with van der Waals surface area (Å²) in [4.78, 5) is 0. The van der Waals surface area contributed by atoms with Crippen molar-refractivity contribution < 1.29 is 9.84 Å². The fourth-order valence-electron chi connectivity index (χ4n) is 2.07. The molecule has 0 fully saturated rings. The Bertz CT molecular complexity index is 406. The standard InChI is InChI=1S/C15H24O2/c1-7-13-12(6)15(17-8-9(2)3)11(5)10(4)14(13)16/h9,16H,7-8H2,1-6H3. The molecule has 0 aromatic heterocycles. The van der Waals surface area contributed by atoms with Gasteiger partial charge in [0.2, 0.25) is 0 Å². The Kier molecular flexibility index (Phi) is 4.44. The van der Waals surface area contributed by atoms with Gasteiger partial charge in [-0.2, -0.15) is 0 Å². The molecule has 0 saturated heterocycles. The molecule has 2 heteroatoms. The Morgan fingerprint density at radius 3 is 2.12 bits per heavy atom. The number of aromatic hydroxyl groups is 1. The van der Waals surface area contributed by atoms with Gasteiger partial charge in [-0.25, -0.2) is 0 Å². The number of phenols is 1. The predicted octanol–water partition coefficient (Wildman–Crippen LogP) is 3.91. The van der Waals surface area contributed by atoms with Gasteiger partial charge in [-0.15, -0.1) is 0 Å². The van der Waals surface area contributed by atoms with E-state index in [0.717, 1.165) is 41.0 Å². The fourth-order valence-corrected chi connectivity index (χ4v) is 2.07. The molecule has 0 spiro atoms. The zero-order valence-corrected chi connectivity index (χ0v) is 11.8.